The first-order valence-corrected chi connectivity index (χ1v) is 11.6. The number of benzene rings is 2. The summed E-state index contributed by atoms with van der Waals surface area (Å²) in [5.41, 5.74) is 3.03. The molecule has 2 N–H and O–H groups in total. The number of piperidine rings is 1. The van der Waals surface area contributed by atoms with Gasteiger partial charge in [-0.25, -0.2) is 0 Å². The number of fused-ring (bicyclic) bond motifs is 1. The van der Waals surface area contributed by atoms with Crippen LogP contribution in [0.5, 0.6) is 0 Å². The number of carbonyl (C=O) groups is 2. The fourth-order valence-electron chi connectivity index (χ4n) is 4.86. The van der Waals surface area contributed by atoms with Gasteiger partial charge in [0.2, 0.25) is 5.82 Å². The number of ether oxygens (including phenoxy) is 1. The highest BCUT2D eigenvalue weighted by Gasteiger charge is 2.48. The molecule has 0 bridgehead atoms. The molecule has 1 aromatic heterocycles. The van der Waals surface area contributed by atoms with Crippen molar-refractivity contribution in [3.8, 4) is 22.8 Å². The van der Waals surface area contributed by atoms with Gasteiger partial charge in [0.1, 0.15) is 0 Å². The molecule has 3 aromatic rings. The second-order valence-electron chi connectivity index (χ2n) is 9.76. The van der Waals surface area contributed by atoms with E-state index < -0.39 is 17.4 Å². The highest BCUT2D eigenvalue weighted by molar-refractivity contribution is 5.98. The maximum Gasteiger partial charge on any atom is 0.321 e. The van der Waals surface area contributed by atoms with Crippen LogP contribution in [0.15, 0.2) is 47.0 Å². The molecule has 0 aliphatic carbocycles. The van der Waals surface area contributed by atoms with Crippen molar-refractivity contribution in [2.24, 2.45) is 5.41 Å². The Bertz CT molecular complexity index is 1260. The second-order valence-corrected chi connectivity index (χ2v) is 9.76. The van der Waals surface area contributed by atoms with Crippen molar-refractivity contribution in [3.63, 3.8) is 0 Å². The fourth-order valence-corrected chi connectivity index (χ4v) is 4.86. The van der Waals surface area contributed by atoms with Crippen molar-refractivity contribution < 1.29 is 29.1 Å². The summed E-state index contributed by atoms with van der Waals surface area (Å²) < 4.78 is 11.4. The van der Waals surface area contributed by atoms with Gasteiger partial charge in [0.25, 0.3) is 5.89 Å². The summed E-state index contributed by atoms with van der Waals surface area (Å²) in [6.45, 7) is 6.11. The minimum absolute atomic E-state index is 0.0910. The Balaban J connectivity index is 1.25. The van der Waals surface area contributed by atoms with Crippen molar-refractivity contribution in [3.05, 3.63) is 59.2 Å². The Labute approximate surface area is 202 Å². The lowest BCUT2D eigenvalue weighted by molar-refractivity contribution is -0.168. The summed E-state index contributed by atoms with van der Waals surface area (Å²) in [6, 6.07) is 13.8. The maximum atomic E-state index is 11.5. The van der Waals surface area contributed by atoms with E-state index in [1.807, 2.05) is 42.5 Å². The molecule has 5 rings (SSSR count). The molecule has 182 valence electrons. The molecule has 0 radical (unpaired) electrons. The fraction of sp³-hybridized carbons (Fsp3) is 0.385. The number of rotatable bonds is 6. The van der Waals surface area contributed by atoms with Crippen LogP contribution in [0.1, 0.15) is 43.4 Å². The lowest BCUT2D eigenvalue weighted by atomic mass is 9.78. The Hall–Kier alpha value is -3.56. The third kappa shape index (κ3) is 4.21. The molecule has 0 atom stereocenters. The topological polar surface area (TPSA) is 126 Å². The first-order chi connectivity index (χ1) is 16.7. The van der Waals surface area contributed by atoms with Crippen LogP contribution in [-0.2, 0) is 33.1 Å². The Kier molecular flexibility index (Phi) is 5.69. The van der Waals surface area contributed by atoms with Crippen LogP contribution < -0.4 is 0 Å². The lowest BCUT2D eigenvalue weighted by Gasteiger charge is -2.36. The van der Waals surface area contributed by atoms with E-state index in [4.69, 9.17) is 9.26 Å². The van der Waals surface area contributed by atoms with E-state index in [9.17, 15) is 19.8 Å². The van der Waals surface area contributed by atoms with Crippen LogP contribution in [0.3, 0.4) is 0 Å². The molecule has 3 heterocycles. The average Bonchev–Trinajstić information content (AvgIpc) is 3.44. The number of carboxylic acid groups (broad SMARTS) is 2. The summed E-state index contributed by atoms with van der Waals surface area (Å²) >= 11 is 0. The van der Waals surface area contributed by atoms with E-state index in [-0.39, 0.29) is 18.4 Å². The predicted molar refractivity (Wildman–Crippen MR) is 125 cm³/mol. The largest absolute Gasteiger partial charge is 0.480 e. The quantitative estimate of drug-likeness (QED) is 0.508. The molecular weight excluding hydrogens is 450 g/mol. The van der Waals surface area contributed by atoms with E-state index in [2.05, 4.69) is 28.9 Å². The second kappa shape index (κ2) is 8.58. The molecule has 0 spiro atoms. The molecule has 2 aliphatic rings. The summed E-state index contributed by atoms with van der Waals surface area (Å²) in [5.74, 6) is -1.57. The van der Waals surface area contributed by atoms with Crippen molar-refractivity contribution in [2.45, 2.75) is 45.4 Å². The SMILES string of the molecule is CC1(C)OCc2cc(-c3nc(-c4ccc(CN5CCC(C(=O)O)(C(=O)O)CC5)cc4)no3)ccc21. The first-order valence-electron chi connectivity index (χ1n) is 11.6. The van der Waals surface area contributed by atoms with E-state index in [0.29, 0.717) is 38.0 Å². The van der Waals surface area contributed by atoms with E-state index in [0.717, 1.165) is 22.3 Å². The Morgan fingerprint density at radius 1 is 1.00 bits per heavy atom. The van der Waals surface area contributed by atoms with E-state index >= 15 is 0 Å². The lowest BCUT2D eigenvalue weighted by Crippen LogP contribution is -2.48. The van der Waals surface area contributed by atoms with Gasteiger partial charge < -0.3 is 19.5 Å². The monoisotopic (exact) mass is 477 g/mol. The van der Waals surface area contributed by atoms with E-state index in [1.54, 1.807) is 0 Å². The maximum absolute atomic E-state index is 11.5. The molecule has 0 saturated carbocycles. The molecule has 1 fully saturated rings. The zero-order valence-corrected chi connectivity index (χ0v) is 19.7. The molecule has 0 amide bonds. The number of hydrogen-bond donors (Lipinski definition) is 2. The summed E-state index contributed by atoms with van der Waals surface area (Å²) in [5, 5.41) is 22.9. The van der Waals surface area contributed by atoms with Gasteiger partial charge in [-0.3, -0.25) is 14.5 Å². The molecule has 0 unspecified atom stereocenters. The number of likely N-dealkylation sites (tertiary alicyclic amines) is 1. The van der Waals surface area contributed by atoms with Crippen molar-refractivity contribution >= 4 is 11.9 Å². The predicted octanol–water partition coefficient (Wildman–Crippen LogP) is 3.92. The average molecular weight is 478 g/mol. The van der Waals surface area contributed by atoms with Crippen LogP contribution >= 0.6 is 0 Å². The smallest absolute Gasteiger partial charge is 0.321 e. The first kappa shape index (κ1) is 23.2. The van der Waals surface area contributed by atoms with Crippen molar-refractivity contribution in [1.29, 1.82) is 0 Å². The van der Waals surface area contributed by atoms with Gasteiger partial charge >= 0.3 is 11.9 Å². The van der Waals surface area contributed by atoms with Crippen LogP contribution in [0.25, 0.3) is 22.8 Å². The molecule has 1 saturated heterocycles. The van der Waals surface area contributed by atoms with Crippen LogP contribution in [-0.4, -0.2) is 50.3 Å². The molecule has 35 heavy (non-hydrogen) atoms. The summed E-state index contributed by atoms with van der Waals surface area (Å²) in [7, 11) is 0. The van der Waals surface area contributed by atoms with Gasteiger partial charge in [-0.15, -0.1) is 0 Å². The van der Waals surface area contributed by atoms with Gasteiger partial charge in [0.05, 0.1) is 12.2 Å². The van der Waals surface area contributed by atoms with Crippen LogP contribution in [0.2, 0.25) is 0 Å². The summed E-state index contributed by atoms with van der Waals surface area (Å²) in [6.07, 6.45) is 0.182. The number of carboxylic acids is 2. The number of aliphatic carboxylic acids is 2. The number of aromatic nitrogens is 2. The van der Waals surface area contributed by atoms with Crippen LogP contribution in [0, 0.1) is 5.41 Å². The van der Waals surface area contributed by atoms with Gasteiger partial charge in [0, 0.05) is 30.8 Å². The summed E-state index contributed by atoms with van der Waals surface area (Å²) in [4.78, 5) is 29.6. The zero-order chi connectivity index (χ0) is 24.8. The van der Waals surface area contributed by atoms with Gasteiger partial charge in [-0.1, -0.05) is 35.5 Å². The number of hydrogen-bond acceptors (Lipinski definition) is 7. The molecule has 9 nitrogen and oxygen atoms in total. The zero-order valence-electron chi connectivity index (χ0n) is 19.7. The number of nitrogens with zero attached hydrogens (tertiary/aromatic N) is 3. The third-order valence-electron chi connectivity index (χ3n) is 7.16. The van der Waals surface area contributed by atoms with E-state index in [1.165, 1.54) is 5.56 Å². The minimum atomic E-state index is -1.68. The van der Waals surface area contributed by atoms with Gasteiger partial charge in [0.15, 0.2) is 5.41 Å². The Morgan fingerprint density at radius 3 is 2.31 bits per heavy atom. The van der Waals surface area contributed by atoms with Gasteiger partial charge in [-0.05, 0) is 55.5 Å². The standard InChI is InChI=1S/C26H27N3O6/c1-25(2)20-8-7-18(13-19(20)15-34-25)22-27-21(28-35-22)17-5-3-16(4-6-17)14-29-11-9-26(10-12-29,23(30)31)24(32)33/h3-8,13H,9-12,14-15H2,1-2H3,(H,30,31)(H,32,33). The minimum Gasteiger partial charge on any atom is -0.480 e. The molecular formula is C26H27N3O6. The van der Waals surface area contributed by atoms with Crippen molar-refractivity contribution in [2.75, 3.05) is 13.1 Å². The van der Waals surface area contributed by atoms with Crippen LogP contribution in [0.4, 0.5) is 0 Å². The third-order valence-corrected chi connectivity index (χ3v) is 7.16. The molecule has 2 aromatic carbocycles. The van der Waals surface area contributed by atoms with Gasteiger partial charge in [-0.2, -0.15) is 4.98 Å². The molecule has 2 aliphatic heterocycles. The highest BCUT2D eigenvalue weighted by atomic mass is 16.5. The highest BCUT2D eigenvalue weighted by Crippen LogP contribution is 2.38. The molecule has 9 heteroatoms. The Morgan fingerprint density at radius 2 is 1.66 bits per heavy atom. The normalized spacial score (nSPS) is 18.8. The van der Waals surface area contributed by atoms with Crippen molar-refractivity contribution in [1.82, 2.24) is 15.0 Å².